The Morgan fingerprint density at radius 1 is 1.75 bits per heavy atom. The fraction of sp³-hybridized carbons (Fsp3) is 0.500. The van der Waals surface area contributed by atoms with Crippen molar-refractivity contribution < 1.29 is 4.98 Å². The number of imidazole rings is 1. The molecule has 0 saturated carbocycles. The molecule has 1 heterocycles. The van der Waals surface area contributed by atoms with Crippen LogP contribution in [0, 0.1) is 6.92 Å². The highest BCUT2D eigenvalue weighted by Crippen LogP contribution is 1.87. The average Bonchev–Trinajstić information content (AvgIpc) is 2.14. The summed E-state index contributed by atoms with van der Waals surface area (Å²) in [6, 6.07) is 0. The molecular weight excluding hydrogens is 100 g/mol. The van der Waals surface area contributed by atoms with Gasteiger partial charge in [0.2, 0.25) is 0 Å². The minimum Gasteiger partial charge on any atom is -0.247 e. The summed E-state index contributed by atoms with van der Waals surface area (Å²) < 4.78 is 0. The molecule has 0 fully saturated rings. The zero-order valence-electron chi connectivity index (χ0n) is 5.28. The van der Waals surface area contributed by atoms with Crippen LogP contribution in [0.25, 0.3) is 0 Å². The summed E-state index contributed by atoms with van der Waals surface area (Å²) in [6.07, 6.45) is 3.02. The Morgan fingerprint density at radius 2 is 2.50 bits per heavy atom. The van der Waals surface area contributed by atoms with Crippen molar-refractivity contribution in [3.05, 3.63) is 17.7 Å². The first-order valence-corrected chi connectivity index (χ1v) is 2.89. The molecule has 2 nitrogen and oxygen atoms in total. The van der Waals surface area contributed by atoms with Crippen molar-refractivity contribution >= 4 is 0 Å². The van der Waals surface area contributed by atoms with E-state index in [0.717, 1.165) is 6.42 Å². The Balaban J connectivity index is 2.84. The van der Waals surface area contributed by atoms with Crippen molar-refractivity contribution in [2.75, 3.05) is 0 Å². The van der Waals surface area contributed by atoms with Crippen molar-refractivity contribution in [1.29, 1.82) is 0 Å². The van der Waals surface area contributed by atoms with E-state index in [1.165, 1.54) is 11.5 Å². The van der Waals surface area contributed by atoms with Gasteiger partial charge in [-0.25, -0.2) is 9.97 Å². The second-order valence-electron chi connectivity index (χ2n) is 1.93. The van der Waals surface area contributed by atoms with Crippen molar-refractivity contribution in [3.63, 3.8) is 0 Å². The maximum absolute atomic E-state index is 3.17. The number of hydrogen-bond donors (Lipinski definition) is 1. The maximum Gasteiger partial charge on any atom is 0.251 e. The van der Waals surface area contributed by atoms with Crippen LogP contribution in [0.3, 0.4) is 0 Å². The molecule has 44 valence electrons. The highest BCUT2D eigenvalue weighted by atomic mass is 14.9. The van der Waals surface area contributed by atoms with E-state index in [-0.39, 0.29) is 0 Å². The van der Waals surface area contributed by atoms with Crippen LogP contribution in [0.5, 0.6) is 0 Å². The number of aromatic amines is 2. The molecule has 8 heavy (non-hydrogen) atoms. The molecule has 0 atom stereocenters. The van der Waals surface area contributed by atoms with Crippen molar-refractivity contribution in [2.24, 2.45) is 0 Å². The Kier molecular flexibility index (Phi) is 1.33. The first kappa shape index (κ1) is 5.35. The monoisotopic (exact) mass is 111 g/mol. The molecule has 0 aliphatic heterocycles. The largest absolute Gasteiger partial charge is 0.251 e. The van der Waals surface area contributed by atoms with Crippen molar-refractivity contribution in [2.45, 2.75) is 20.3 Å². The van der Waals surface area contributed by atoms with Gasteiger partial charge in [0.15, 0.2) is 0 Å². The quantitative estimate of drug-likeness (QED) is 0.553. The number of aryl methyl sites for hydroxylation is 2. The van der Waals surface area contributed by atoms with Gasteiger partial charge in [0.1, 0.15) is 11.9 Å². The fourth-order valence-electron chi connectivity index (χ4n) is 0.696. The first-order valence-electron chi connectivity index (χ1n) is 2.89. The van der Waals surface area contributed by atoms with Crippen LogP contribution >= 0.6 is 0 Å². The highest BCUT2D eigenvalue weighted by Gasteiger charge is 1.97. The highest BCUT2D eigenvalue weighted by molar-refractivity contribution is 4.88. The van der Waals surface area contributed by atoms with Gasteiger partial charge in [-0.2, -0.15) is 0 Å². The molecule has 1 aromatic rings. The third-order valence-corrected chi connectivity index (χ3v) is 1.16. The van der Waals surface area contributed by atoms with Crippen LogP contribution in [-0.2, 0) is 6.42 Å². The number of nitrogens with one attached hydrogen (secondary N) is 2. The van der Waals surface area contributed by atoms with Crippen molar-refractivity contribution in [3.8, 4) is 0 Å². The van der Waals surface area contributed by atoms with Crippen molar-refractivity contribution in [1.82, 2.24) is 4.98 Å². The van der Waals surface area contributed by atoms with Crippen LogP contribution in [0.15, 0.2) is 6.20 Å². The molecule has 0 aliphatic carbocycles. The lowest BCUT2D eigenvalue weighted by atomic mass is 10.5. The van der Waals surface area contributed by atoms with Gasteiger partial charge in [-0.1, -0.05) is 6.92 Å². The van der Waals surface area contributed by atoms with Crippen LogP contribution in [0.4, 0.5) is 0 Å². The van der Waals surface area contributed by atoms with Gasteiger partial charge >= 0.3 is 0 Å². The molecule has 0 spiro atoms. The van der Waals surface area contributed by atoms with E-state index < -0.39 is 0 Å². The predicted molar refractivity (Wildman–Crippen MR) is 31.5 cm³/mol. The summed E-state index contributed by atoms with van der Waals surface area (Å²) in [5.41, 5.74) is 1.20. The van der Waals surface area contributed by atoms with Gasteiger partial charge in [-0.15, -0.1) is 0 Å². The summed E-state index contributed by atoms with van der Waals surface area (Å²) in [5.74, 6) is 1.20. The van der Waals surface area contributed by atoms with E-state index in [0.29, 0.717) is 0 Å². The standard InChI is InChI=1S/C6H10N2/c1-3-6-7-4-5(2)8-6/h4H,3H2,1-2H3,(H,7,8)/p+1. The Morgan fingerprint density at radius 3 is 2.75 bits per heavy atom. The Labute approximate surface area is 49.0 Å². The van der Waals surface area contributed by atoms with Gasteiger partial charge < -0.3 is 0 Å². The van der Waals surface area contributed by atoms with Crippen LogP contribution in [-0.4, -0.2) is 4.98 Å². The molecule has 1 rings (SSSR count). The first-order chi connectivity index (χ1) is 3.83. The van der Waals surface area contributed by atoms with E-state index in [4.69, 9.17) is 0 Å². The SMILES string of the molecule is CCc1[nH]c(C)c[nH+]1. The Hall–Kier alpha value is -0.790. The number of H-pyrrole nitrogens is 2. The van der Waals surface area contributed by atoms with Crippen LogP contribution in [0.2, 0.25) is 0 Å². The minimum absolute atomic E-state index is 1.05. The zero-order valence-corrected chi connectivity index (χ0v) is 5.28. The average molecular weight is 111 g/mol. The molecule has 0 aromatic carbocycles. The topological polar surface area (TPSA) is 29.9 Å². The van der Waals surface area contributed by atoms with E-state index in [2.05, 4.69) is 16.9 Å². The molecule has 2 N–H and O–H groups in total. The summed E-state index contributed by atoms with van der Waals surface area (Å²) in [7, 11) is 0. The molecule has 0 saturated heterocycles. The van der Waals surface area contributed by atoms with E-state index in [1.54, 1.807) is 0 Å². The minimum atomic E-state index is 1.05. The second kappa shape index (κ2) is 1.99. The van der Waals surface area contributed by atoms with Gasteiger partial charge in [-0.05, 0) is 0 Å². The van der Waals surface area contributed by atoms with Crippen LogP contribution < -0.4 is 4.98 Å². The van der Waals surface area contributed by atoms with E-state index in [9.17, 15) is 0 Å². The van der Waals surface area contributed by atoms with Gasteiger partial charge in [0, 0.05) is 13.3 Å². The smallest absolute Gasteiger partial charge is 0.247 e. The fourth-order valence-corrected chi connectivity index (χ4v) is 0.696. The number of rotatable bonds is 1. The lowest BCUT2D eigenvalue weighted by molar-refractivity contribution is -0.388. The summed E-state index contributed by atoms with van der Waals surface area (Å²) in [5, 5.41) is 0. The molecule has 0 amide bonds. The number of aromatic nitrogens is 2. The molecule has 2 heteroatoms. The molecule has 0 aliphatic rings. The van der Waals surface area contributed by atoms with Gasteiger partial charge in [0.25, 0.3) is 5.82 Å². The zero-order chi connectivity index (χ0) is 5.98. The lowest BCUT2D eigenvalue weighted by Gasteiger charge is -1.73. The van der Waals surface area contributed by atoms with Crippen LogP contribution in [0.1, 0.15) is 18.4 Å². The molecule has 0 bridgehead atoms. The third-order valence-electron chi connectivity index (χ3n) is 1.16. The third kappa shape index (κ3) is 0.886. The lowest BCUT2D eigenvalue weighted by Crippen LogP contribution is -2.02. The molecule has 0 unspecified atom stereocenters. The normalized spacial score (nSPS) is 9.75. The molecular formula is C6H11N2+. The molecule has 1 aromatic heterocycles. The number of hydrogen-bond acceptors (Lipinski definition) is 0. The summed E-state index contributed by atoms with van der Waals surface area (Å²) in [4.78, 5) is 6.27. The predicted octanol–water partition coefficient (Wildman–Crippen LogP) is 0.700. The van der Waals surface area contributed by atoms with Gasteiger partial charge in [0.05, 0.1) is 0 Å². The summed E-state index contributed by atoms with van der Waals surface area (Å²) in [6.45, 7) is 4.15. The van der Waals surface area contributed by atoms with E-state index >= 15 is 0 Å². The van der Waals surface area contributed by atoms with Gasteiger partial charge in [-0.3, -0.25) is 0 Å². The maximum atomic E-state index is 3.17. The molecule has 0 radical (unpaired) electrons. The second-order valence-corrected chi connectivity index (χ2v) is 1.93. The Bertz CT molecular complexity index is 167. The van der Waals surface area contributed by atoms with E-state index in [1.807, 2.05) is 13.1 Å². The summed E-state index contributed by atoms with van der Waals surface area (Å²) >= 11 is 0.